The molecule has 1 aliphatic heterocycles. The van der Waals surface area contributed by atoms with Gasteiger partial charge in [0.05, 0.1) is 6.54 Å². The van der Waals surface area contributed by atoms with E-state index in [2.05, 4.69) is 11.8 Å². The van der Waals surface area contributed by atoms with Crippen LogP contribution >= 0.6 is 0 Å². The summed E-state index contributed by atoms with van der Waals surface area (Å²) in [5, 5.41) is 0. The van der Waals surface area contributed by atoms with Gasteiger partial charge in [-0.15, -0.1) is 0 Å². The summed E-state index contributed by atoms with van der Waals surface area (Å²) in [6, 6.07) is 1.34. The van der Waals surface area contributed by atoms with Crippen LogP contribution in [0.3, 0.4) is 0 Å². The van der Waals surface area contributed by atoms with Crippen molar-refractivity contribution in [1.82, 2.24) is 9.80 Å². The molecule has 1 heterocycles. The molecule has 0 spiro atoms. The fourth-order valence-corrected chi connectivity index (χ4v) is 3.82. The summed E-state index contributed by atoms with van der Waals surface area (Å²) in [5.74, 6) is 0.282. The monoisotopic (exact) mass is 281 g/mol. The summed E-state index contributed by atoms with van der Waals surface area (Å²) in [4.78, 5) is 16.9. The maximum Gasteiger partial charge on any atom is 0.236 e. The molecule has 2 N–H and O–H groups in total. The summed E-state index contributed by atoms with van der Waals surface area (Å²) >= 11 is 0. The van der Waals surface area contributed by atoms with Crippen molar-refractivity contribution in [1.29, 1.82) is 0 Å². The number of carbonyl (C=O) groups is 1. The van der Waals surface area contributed by atoms with Gasteiger partial charge in [-0.2, -0.15) is 0 Å². The molecule has 1 saturated heterocycles. The van der Waals surface area contributed by atoms with E-state index in [-0.39, 0.29) is 5.91 Å². The molecule has 1 aliphatic carbocycles. The molecular weight excluding hydrogens is 250 g/mol. The fraction of sp³-hybridized carbons (Fsp3) is 0.938. The molecule has 0 bridgehead atoms. The van der Waals surface area contributed by atoms with Crippen LogP contribution in [0.25, 0.3) is 0 Å². The van der Waals surface area contributed by atoms with Gasteiger partial charge in [0.2, 0.25) is 5.91 Å². The summed E-state index contributed by atoms with van der Waals surface area (Å²) in [6.07, 6.45) is 9.80. The Kier molecular flexibility index (Phi) is 5.85. The van der Waals surface area contributed by atoms with Crippen molar-refractivity contribution in [2.75, 3.05) is 20.1 Å². The molecule has 0 radical (unpaired) electrons. The van der Waals surface area contributed by atoms with Gasteiger partial charge in [0.15, 0.2) is 0 Å². The predicted octanol–water partition coefficient (Wildman–Crippen LogP) is 1.98. The average Bonchev–Trinajstić information content (AvgIpc) is 2.49. The summed E-state index contributed by atoms with van der Waals surface area (Å²) < 4.78 is 0. The van der Waals surface area contributed by atoms with E-state index in [1.54, 1.807) is 0 Å². The highest BCUT2D eigenvalue weighted by Crippen LogP contribution is 2.24. The third-order valence-electron chi connectivity index (χ3n) is 5.30. The van der Waals surface area contributed by atoms with E-state index in [4.69, 9.17) is 5.73 Å². The lowest BCUT2D eigenvalue weighted by molar-refractivity contribution is -0.135. The lowest BCUT2D eigenvalue weighted by atomic mass is 9.94. The van der Waals surface area contributed by atoms with Gasteiger partial charge < -0.3 is 10.6 Å². The van der Waals surface area contributed by atoms with Crippen molar-refractivity contribution in [3.05, 3.63) is 0 Å². The molecule has 1 saturated carbocycles. The molecule has 2 rings (SSSR count). The highest BCUT2D eigenvalue weighted by atomic mass is 16.2. The molecule has 4 heteroatoms. The lowest BCUT2D eigenvalue weighted by Gasteiger charge is -2.41. The Labute approximate surface area is 123 Å². The number of hydrogen-bond acceptors (Lipinski definition) is 3. The molecule has 2 aliphatic rings. The third-order valence-corrected chi connectivity index (χ3v) is 5.30. The average molecular weight is 281 g/mol. The van der Waals surface area contributed by atoms with Crippen molar-refractivity contribution in [2.45, 2.75) is 76.4 Å². The lowest BCUT2D eigenvalue weighted by Crippen LogP contribution is -2.53. The van der Waals surface area contributed by atoms with Crippen LogP contribution in [0.2, 0.25) is 0 Å². The van der Waals surface area contributed by atoms with Gasteiger partial charge in [0, 0.05) is 31.7 Å². The minimum absolute atomic E-state index is 0.282. The Morgan fingerprint density at radius 2 is 1.85 bits per heavy atom. The predicted molar refractivity (Wildman–Crippen MR) is 82.5 cm³/mol. The Morgan fingerprint density at radius 3 is 2.50 bits per heavy atom. The molecule has 0 aromatic carbocycles. The van der Waals surface area contributed by atoms with Crippen LogP contribution in [-0.4, -0.2) is 54.0 Å². The minimum Gasteiger partial charge on any atom is -0.342 e. The zero-order valence-corrected chi connectivity index (χ0v) is 13.2. The number of likely N-dealkylation sites (N-methyl/N-ethyl adjacent to an activating group) is 1. The maximum atomic E-state index is 12.6. The highest BCUT2D eigenvalue weighted by molar-refractivity contribution is 5.78. The number of carbonyl (C=O) groups excluding carboxylic acids is 1. The zero-order chi connectivity index (χ0) is 14.5. The number of piperidine rings is 1. The fourth-order valence-electron chi connectivity index (χ4n) is 3.82. The van der Waals surface area contributed by atoms with Crippen LogP contribution < -0.4 is 5.73 Å². The Hall–Kier alpha value is -0.610. The van der Waals surface area contributed by atoms with Crippen LogP contribution in [0.15, 0.2) is 0 Å². The van der Waals surface area contributed by atoms with Gasteiger partial charge in [0.25, 0.3) is 0 Å². The normalized spacial score (nSPS) is 29.4. The van der Waals surface area contributed by atoms with E-state index in [9.17, 15) is 4.79 Å². The molecule has 2 atom stereocenters. The van der Waals surface area contributed by atoms with E-state index < -0.39 is 0 Å². The van der Waals surface area contributed by atoms with Crippen molar-refractivity contribution in [2.24, 2.45) is 5.73 Å². The van der Waals surface area contributed by atoms with Gasteiger partial charge in [-0.25, -0.2) is 0 Å². The van der Waals surface area contributed by atoms with Crippen molar-refractivity contribution < 1.29 is 4.79 Å². The number of nitrogens with two attached hydrogens (primary N) is 1. The van der Waals surface area contributed by atoms with E-state index in [1.165, 1.54) is 44.9 Å². The molecular formula is C16H31N3O. The second-order valence-electron chi connectivity index (χ2n) is 6.64. The first-order valence-corrected chi connectivity index (χ1v) is 8.35. The number of amides is 1. The van der Waals surface area contributed by atoms with Crippen LogP contribution in [0.1, 0.15) is 58.3 Å². The van der Waals surface area contributed by atoms with Crippen LogP contribution in [0.4, 0.5) is 0 Å². The maximum absolute atomic E-state index is 12.6. The quantitative estimate of drug-likeness (QED) is 0.857. The van der Waals surface area contributed by atoms with Gasteiger partial charge in [0.1, 0.15) is 0 Å². The van der Waals surface area contributed by atoms with E-state index >= 15 is 0 Å². The van der Waals surface area contributed by atoms with Crippen LogP contribution in [0.5, 0.6) is 0 Å². The number of nitrogens with zero attached hydrogens (tertiary/aromatic N) is 2. The summed E-state index contributed by atoms with van der Waals surface area (Å²) in [7, 11) is 1.99. The Bertz CT molecular complexity index is 315. The zero-order valence-electron chi connectivity index (χ0n) is 13.2. The second-order valence-corrected chi connectivity index (χ2v) is 6.64. The highest BCUT2D eigenvalue weighted by Gasteiger charge is 2.30. The minimum atomic E-state index is 0.282. The molecule has 0 aromatic rings. The number of hydrogen-bond donors (Lipinski definition) is 1. The van der Waals surface area contributed by atoms with Gasteiger partial charge >= 0.3 is 0 Å². The molecule has 4 nitrogen and oxygen atoms in total. The summed E-state index contributed by atoms with van der Waals surface area (Å²) in [6.45, 7) is 3.45. The number of rotatable bonds is 4. The summed E-state index contributed by atoms with van der Waals surface area (Å²) in [5.41, 5.74) is 5.88. The second kappa shape index (κ2) is 7.41. The molecule has 116 valence electrons. The van der Waals surface area contributed by atoms with Crippen molar-refractivity contribution in [3.63, 3.8) is 0 Å². The van der Waals surface area contributed by atoms with E-state index in [0.29, 0.717) is 31.2 Å². The third kappa shape index (κ3) is 3.73. The largest absolute Gasteiger partial charge is 0.342 e. The van der Waals surface area contributed by atoms with Crippen molar-refractivity contribution in [3.8, 4) is 0 Å². The van der Waals surface area contributed by atoms with Crippen molar-refractivity contribution >= 4 is 5.91 Å². The molecule has 20 heavy (non-hydrogen) atoms. The Morgan fingerprint density at radius 1 is 1.15 bits per heavy atom. The standard InChI is InChI=1S/C16H31N3O/c1-13-7-6-10-15(11-17)19(13)12-16(20)18(2)14-8-4-3-5-9-14/h13-15H,3-12,17H2,1-2H3. The molecule has 2 unspecified atom stereocenters. The van der Waals surface area contributed by atoms with Gasteiger partial charge in [-0.05, 0) is 32.6 Å². The topological polar surface area (TPSA) is 49.6 Å². The molecule has 0 aromatic heterocycles. The van der Waals surface area contributed by atoms with E-state index in [1.807, 2.05) is 11.9 Å². The first-order chi connectivity index (χ1) is 9.63. The first-order valence-electron chi connectivity index (χ1n) is 8.35. The van der Waals surface area contributed by atoms with Crippen LogP contribution in [-0.2, 0) is 4.79 Å². The van der Waals surface area contributed by atoms with E-state index in [0.717, 1.165) is 6.42 Å². The number of likely N-dealkylation sites (tertiary alicyclic amines) is 1. The first kappa shape index (κ1) is 15.8. The molecule has 2 fully saturated rings. The van der Waals surface area contributed by atoms with Gasteiger partial charge in [-0.3, -0.25) is 9.69 Å². The smallest absolute Gasteiger partial charge is 0.236 e. The Balaban J connectivity index is 1.91. The van der Waals surface area contributed by atoms with Crippen LogP contribution in [0, 0.1) is 0 Å². The van der Waals surface area contributed by atoms with Gasteiger partial charge in [-0.1, -0.05) is 25.7 Å². The SMILES string of the molecule is CC1CCCC(CN)N1CC(=O)N(C)C1CCCCC1. The molecule has 1 amide bonds.